The number of halogens is 1. The quantitative estimate of drug-likeness (QED) is 0.828. The number of aliphatic hydroxyl groups is 1. The summed E-state index contributed by atoms with van der Waals surface area (Å²) in [4.78, 5) is 0. The minimum atomic E-state index is -0.530. The van der Waals surface area contributed by atoms with Crippen molar-refractivity contribution in [2.24, 2.45) is 0 Å². The van der Waals surface area contributed by atoms with E-state index in [4.69, 9.17) is 14.2 Å². The smallest absolute Gasteiger partial charge is 0.164 e. The van der Waals surface area contributed by atoms with Gasteiger partial charge in [0.05, 0.1) is 19.3 Å². The average molecular weight is 346 g/mol. The van der Waals surface area contributed by atoms with Crippen molar-refractivity contribution in [2.45, 2.75) is 45.4 Å². The molecule has 0 saturated heterocycles. The van der Waals surface area contributed by atoms with Gasteiger partial charge >= 0.3 is 0 Å². The van der Waals surface area contributed by atoms with Crippen LogP contribution >= 0.6 is 12.4 Å². The van der Waals surface area contributed by atoms with E-state index in [9.17, 15) is 5.11 Å². The fourth-order valence-corrected chi connectivity index (χ4v) is 2.17. The van der Waals surface area contributed by atoms with Crippen molar-refractivity contribution in [1.82, 2.24) is 5.32 Å². The summed E-state index contributed by atoms with van der Waals surface area (Å²) in [5, 5.41) is 13.1. The predicted molar refractivity (Wildman–Crippen MR) is 92.9 cm³/mol. The van der Waals surface area contributed by atoms with Gasteiger partial charge in [-0.15, -0.1) is 12.4 Å². The van der Waals surface area contributed by atoms with Gasteiger partial charge in [-0.1, -0.05) is 12.1 Å². The first kappa shape index (κ1) is 20.0. The molecule has 1 aliphatic heterocycles. The molecule has 0 amide bonds. The van der Waals surface area contributed by atoms with E-state index in [1.807, 2.05) is 25.1 Å². The maximum atomic E-state index is 9.88. The molecule has 0 aliphatic carbocycles. The van der Waals surface area contributed by atoms with Crippen LogP contribution in [0.2, 0.25) is 0 Å². The second-order valence-corrected chi connectivity index (χ2v) is 6.78. The molecular weight excluding hydrogens is 318 g/mol. The van der Waals surface area contributed by atoms with Crippen LogP contribution < -0.4 is 14.8 Å². The molecule has 0 saturated carbocycles. The summed E-state index contributed by atoms with van der Waals surface area (Å²) < 4.78 is 17.2. The fourth-order valence-electron chi connectivity index (χ4n) is 2.17. The number of aryl methyl sites for hydroxylation is 1. The molecule has 2 unspecified atom stereocenters. The molecule has 0 aromatic heterocycles. The van der Waals surface area contributed by atoms with E-state index in [1.165, 1.54) is 0 Å². The van der Waals surface area contributed by atoms with E-state index >= 15 is 0 Å². The standard InChI is InChI=1S/C17H27NO4.ClH/c1-12-6-5-7-15-16(12)22-14(11-21-15)10-20-9-13(19)8-18-17(2,3)4;/h5-7,13-14,18-19H,8-11H2,1-4H3;1H. The Morgan fingerprint density at radius 2 is 2.13 bits per heavy atom. The summed E-state index contributed by atoms with van der Waals surface area (Å²) in [6, 6.07) is 5.85. The zero-order valence-electron chi connectivity index (χ0n) is 14.3. The Hall–Kier alpha value is -1.01. The van der Waals surface area contributed by atoms with Crippen LogP contribution in [0.5, 0.6) is 11.5 Å². The van der Waals surface area contributed by atoms with Crippen LogP contribution in [0.4, 0.5) is 0 Å². The van der Waals surface area contributed by atoms with Crippen LogP contribution in [0.25, 0.3) is 0 Å². The molecule has 1 aromatic rings. The maximum Gasteiger partial charge on any atom is 0.164 e. The van der Waals surface area contributed by atoms with E-state index in [0.29, 0.717) is 19.8 Å². The number of para-hydroxylation sites is 1. The van der Waals surface area contributed by atoms with Crippen molar-refractivity contribution >= 4 is 12.4 Å². The first-order chi connectivity index (χ1) is 10.3. The summed E-state index contributed by atoms with van der Waals surface area (Å²) >= 11 is 0. The van der Waals surface area contributed by atoms with Gasteiger partial charge in [0.25, 0.3) is 0 Å². The summed E-state index contributed by atoms with van der Waals surface area (Å²) in [7, 11) is 0. The van der Waals surface area contributed by atoms with Gasteiger partial charge in [0.15, 0.2) is 17.6 Å². The highest BCUT2D eigenvalue weighted by molar-refractivity contribution is 5.85. The second-order valence-electron chi connectivity index (χ2n) is 6.78. The third kappa shape index (κ3) is 6.55. The molecule has 0 radical (unpaired) electrons. The highest BCUT2D eigenvalue weighted by Crippen LogP contribution is 2.34. The third-order valence-corrected chi connectivity index (χ3v) is 3.37. The molecule has 132 valence electrons. The molecule has 0 fully saturated rings. The largest absolute Gasteiger partial charge is 0.486 e. The Morgan fingerprint density at radius 1 is 1.39 bits per heavy atom. The van der Waals surface area contributed by atoms with Crippen LogP contribution in [0.1, 0.15) is 26.3 Å². The Labute approximate surface area is 144 Å². The Bertz CT molecular complexity index is 490. The Kier molecular flexibility index (Phi) is 7.61. The predicted octanol–water partition coefficient (Wildman–Crippen LogP) is 2.32. The van der Waals surface area contributed by atoms with Gasteiger partial charge in [0, 0.05) is 12.1 Å². The lowest BCUT2D eigenvalue weighted by Crippen LogP contribution is -2.42. The molecule has 0 bridgehead atoms. The first-order valence-corrected chi connectivity index (χ1v) is 7.75. The molecule has 1 heterocycles. The normalized spacial score (nSPS) is 18.2. The maximum absolute atomic E-state index is 9.88. The van der Waals surface area contributed by atoms with Crippen LogP contribution in [0.3, 0.4) is 0 Å². The Balaban J connectivity index is 0.00000264. The van der Waals surface area contributed by atoms with Gasteiger partial charge in [-0.3, -0.25) is 0 Å². The molecule has 6 heteroatoms. The summed E-state index contributed by atoms with van der Waals surface area (Å²) in [6.07, 6.45) is -0.672. The van der Waals surface area contributed by atoms with Gasteiger partial charge in [0.1, 0.15) is 6.61 Å². The lowest BCUT2D eigenvalue weighted by molar-refractivity contribution is -0.0223. The van der Waals surface area contributed by atoms with Gasteiger partial charge in [-0.2, -0.15) is 0 Å². The van der Waals surface area contributed by atoms with Crippen molar-refractivity contribution in [2.75, 3.05) is 26.4 Å². The van der Waals surface area contributed by atoms with E-state index < -0.39 is 6.10 Å². The van der Waals surface area contributed by atoms with Gasteiger partial charge in [0.2, 0.25) is 0 Å². The molecule has 2 N–H and O–H groups in total. The zero-order valence-corrected chi connectivity index (χ0v) is 15.1. The third-order valence-electron chi connectivity index (χ3n) is 3.37. The fraction of sp³-hybridized carbons (Fsp3) is 0.647. The lowest BCUT2D eigenvalue weighted by atomic mass is 10.1. The molecule has 23 heavy (non-hydrogen) atoms. The van der Waals surface area contributed by atoms with Crippen LogP contribution in [0.15, 0.2) is 18.2 Å². The SMILES string of the molecule is Cc1cccc2c1OC(COCC(O)CNC(C)(C)C)CO2.Cl. The van der Waals surface area contributed by atoms with Crippen LogP contribution in [-0.2, 0) is 4.74 Å². The number of β-amino-alcohol motifs (C(OH)–C–C–N with tert-alkyl or cyclic N) is 1. The number of hydrogen-bond donors (Lipinski definition) is 2. The number of ether oxygens (including phenoxy) is 3. The average Bonchev–Trinajstić information content (AvgIpc) is 2.45. The number of fused-ring (bicyclic) bond motifs is 1. The highest BCUT2D eigenvalue weighted by atomic mass is 35.5. The van der Waals surface area contributed by atoms with Crippen LogP contribution in [0, 0.1) is 6.92 Å². The molecule has 2 rings (SSSR count). The Morgan fingerprint density at radius 3 is 2.83 bits per heavy atom. The monoisotopic (exact) mass is 345 g/mol. The van der Waals surface area contributed by atoms with Crippen molar-refractivity contribution in [3.8, 4) is 11.5 Å². The van der Waals surface area contributed by atoms with E-state index in [-0.39, 0.29) is 30.7 Å². The summed E-state index contributed by atoms with van der Waals surface area (Å²) in [5.41, 5.74) is 1.04. The van der Waals surface area contributed by atoms with E-state index in [0.717, 1.165) is 17.1 Å². The van der Waals surface area contributed by atoms with Gasteiger partial charge in [-0.25, -0.2) is 0 Å². The summed E-state index contributed by atoms with van der Waals surface area (Å²) in [6.45, 7) is 9.84. The molecule has 1 aromatic carbocycles. The molecule has 5 nitrogen and oxygen atoms in total. The van der Waals surface area contributed by atoms with E-state index in [1.54, 1.807) is 0 Å². The summed E-state index contributed by atoms with van der Waals surface area (Å²) in [5.74, 6) is 1.57. The second kappa shape index (κ2) is 8.73. The topological polar surface area (TPSA) is 60.0 Å². The van der Waals surface area contributed by atoms with Crippen molar-refractivity contribution in [1.29, 1.82) is 0 Å². The van der Waals surface area contributed by atoms with Gasteiger partial charge in [-0.05, 0) is 39.3 Å². The minimum absolute atomic E-state index is 0. The first-order valence-electron chi connectivity index (χ1n) is 7.75. The molecular formula is C17H28ClNO4. The minimum Gasteiger partial charge on any atom is -0.486 e. The number of hydrogen-bond acceptors (Lipinski definition) is 5. The van der Waals surface area contributed by atoms with Crippen LogP contribution in [-0.4, -0.2) is 49.2 Å². The van der Waals surface area contributed by atoms with Gasteiger partial charge < -0.3 is 24.6 Å². The highest BCUT2D eigenvalue weighted by Gasteiger charge is 2.23. The molecule has 0 spiro atoms. The molecule has 2 atom stereocenters. The van der Waals surface area contributed by atoms with Crippen molar-refractivity contribution in [3.63, 3.8) is 0 Å². The van der Waals surface area contributed by atoms with Crippen molar-refractivity contribution < 1.29 is 19.3 Å². The number of benzene rings is 1. The molecule has 1 aliphatic rings. The van der Waals surface area contributed by atoms with Crippen molar-refractivity contribution in [3.05, 3.63) is 23.8 Å². The lowest BCUT2D eigenvalue weighted by Gasteiger charge is -2.28. The number of aliphatic hydroxyl groups excluding tert-OH is 1. The number of nitrogens with one attached hydrogen (secondary N) is 1. The number of rotatable bonds is 6. The zero-order chi connectivity index (χ0) is 16.2. The van der Waals surface area contributed by atoms with E-state index in [2.05, 4.69) is 26.1 Å².